The summed E-state index contributed by atoms with van der Waals surface area (Å²) in [7, 11) is 1.40. The zero-order chi connectivity index (χ0) is 16.7. The number of ketones is 1. The Labute approximate surface area is 129 Å². The Morgan fingerprint density at radius 3 is 2.52 bits per heavy atom. The van der Waals surface area contributed by atoms with Gasteiger partial charge in [0.05, 0.1) is 0 Å². The molecule has 1 saturated carbocycles. The predicted molar refractivity (Wildman–Crippen MR) is 77.5 cm³/mol. The van der Waals surface area contributed by atoms with Crippen LogP contribution >= 0.6 is 0 Å². The molecule has 9 heteroatoms. The van der Waals surface area contributed by atoms with Crippen molar-refractivity contribution in [1.29, 1.82) is 0 Å². The monoisotopic (exact) mass is 326 g/mol. The van der Waals surface area contributed by atoms with E-state index in [4.69, 9.17) is 0 Å². The summed E-state index contributed by atoms with van der Waals surface area (Å²) in [5.74, 6) is 0.186. The van der Waals surface area contributed by atoms with E-state index in [9.17, 15) is 23.2 Å². The summed E-state index contributed by atoms with van der Waals surface area (Å²) in [5, 5.41) is 0. The van der Waals surface area contributed by atoms with Gasteiger partial charge in [0.25, 0.3) is 5.56 Å². The van der Waals surface area contributed by atoms with Crippen molar-refractivity contribution >= 4 is 16.9 Å². The fourth-order valence-corrected chi connectivity index (χ4v) is 3.04. The van der Waals surface area contributed by atoms with Crippen molar-refractivity contribution < 1.29 is 13.6 Å². The van der Waals surface area contributed by atoms with Crippen molar-refractivity contribution in [3.63, 3.8) is 0 Å². The Hall–Kier alpha value is -2.32. The second-order valence-electron chi connectivity index (χ2n) is 5.84. The van der Waals surface area contributed by atoms with Crippen LogP contribution in [0.15, 0.2) is 15.9 Å². The van der Waals surface area contributed by atoms with Crippen molar-refractivity contribution in [2.75, 3.05) is 0 Å². The SMILES string of the molecule is Cn1c(=O)n(CC2CCC(=O)CC2)c(=O)c2c1ncn2C(F)F. The van der Waals surface area contributed by atoms with Gasteiger partial charge in [-0.1, -0.05) is 0 Å². The molecule has 0 saturated heterocycles. The number of halogens is 2. The molecule has 1 fully saturated rings. The summed E-state index contributed by atoms with van der Waals surface area (Å²) >= 11 is 0. The third kappa shape index (κ3) is 2.60. The molecule has 2 heterocycles. The van der Waals surface area contributed by atoms with Crippen molar-refractivity contribution in [3.8, 4) is 0 Å². The lowest BCUT2D eigenvalue weighted by atomic mass is 9.88. The molecular formula is C14H16F2N4O3. The lowest BCUT2D eigenvalue weighted by Crippen LogP contribution is -2.41. The number of carbonyl (C=O) groups is 1. The molecule has 0 aromatic carbocycles. The Bertz CT molecular complexity index is 871. The first kappa shape index (κ1) is 15.6. The molecule has 0 atom stereocenters. The molecule has 0 N–H and O–H groups in total. The Morgan fingerprint density at radius 2 is 1.91 bits per heavy atom. The van der Waals surface area contributed by atoms with Crippen molar-refractivity contribution in [2.24, 2.45) is 13.0 Å². The third-order valence-electron chi connectivity index (χ3n) is 4.37. The number of hydrogen-bond donors (Lipinski definition) is 0. The van der Waals surface area contributed by atoms with Gasteiger partial charge in [0.2, 0.25) is 0 Å². The van der Waals surface area contributed by atoms with Gasteiger partial charge in [0.1, 0.15) is 12.1 Å². The predicted octanol–water partition coefficient (Wildman–Crippen LogP) is 1.05. The molecule has 3 rings (SSSR count). The lowest BCUT2D eigenvalue weighted by Gasteiger charge is -2.21. The van der Waals surface area contributed by atoms with Crippen LogP contribution in [0.3, 0.4) is 0 Å². The summed E-state index contributed by atoms with van der Waals surface area (Å²) in [6, 6.07) is 0. The molecule has 0 spiro atoms. The van der Waals surface area contributed by atoms with Crippen LogP contribution in [-0.2, 0) is 18.4 Å². The smallest absolute Gasteiger partial charge is 0.300 e. The molecule has 2 aromatic heterocycles. The minimum Gasteiger partial charge on any atom is -0.300 e. The van der Waals surface area contributed by atoms with Crippen molar-refractivity contribution in [1.82, 2.24) is 18.7 Å². The summed E-state index contributed by atoms with van der Waals surface area (Å²) in [6.45, 7) is -2.78. The standard InChI is InChI=1S/C14H16F2N4O3/c1-18-11-10(20(7-17-11)13(15)16)12(22)19(14(18)23)6-8-2-4-9(21)5-3-8/h7-8,13H,2-6H2,1H3. The maximum Gasteiger partial charge on any atom is 0.332 e. The number of nitrogens with zero attached hydrogens (tertiary/aromatic N) is 4. The van der Waals surface area contributed by atoms with Crippen molar-refractivity contribution in [3.05, 3.63) is 27.2 Å². The molecule has 0 radical (unpaired) electrons. The molecular weight excluding hydrogens is 310 g/mol. The van der Waals surface area contributed by atoms with Gasteiger partial charge in [0.15, 0.2) is 11.2 Å². The van der Waals surface area contributed by atoms with Crippen LogP contribution in [0, 0.1) is 5.92 Å². The first-order valence-electron chi connectivity index (χ1n) is 7.36. The van der Waals surface area contributed by atoms with E-state index in [0.29, 0.717) is 30.3 Å². The van der Waals surface area contributed by atoms with E-state index in [2.05, 4.69) is 4.98 Å². The molecule has 1 aliphatic carbocycles. The normalized spacial score (nSPS) is 16.6. The van der Waals surface area contributed by atoms with E-state index in [1.54, 1.807) is 0 Å². The van der Waals surface area contributed by atoms with Crippen LogP contribution in [0.4, 0.5) is 8.78 Å². The molecule has 7 nitrogen and oxygen atoms in total. The molecule has 23 heavy (non-hydrogen) atoms. The summed E-state index contributed by atoms with van der Waals surface area (Å²) in [5.41, 5.74) is -1.69. The average molecular weight is 326 g/mol. The van der Waals surface area contributed by atoms with Crippen LogP contribution in [0.1, 0.15) is 32.2 Å². The third-order valence-corrected chi connectivity index (χ3v) is 4.37. The highest BCUT2D eigenvalue weighted by Crippen LogP contribution is 2.22. The van der Waals surface area contributed by atoms with Gasteiger partial charge in [-0.05, 0) is 18.8 Å². The second-order valence-corrected chi connectivity index (χ2v) is 5.84. The fourth-order valence-electron chi connectivity index (χ4n) is 3.04. The quantitative estimate of drug-likeness (QED) is 0.844. The number of hydrogen-bond acceptors (Lipinski definition) is 4. The van der Waals surface area contributed by atoms with E-state index in [-0.39, 0.29) is 29.4 Å². The average Bonchev–Trinajstić information content (AvgIpc) is 2.96. The number of imidazole rings is 1. The van der Waals surface area contributed by atoms with Crippen LogP contribution < -0.4 is 11.2 Å². The fraction of sp³-hybridized carbons (Fsp3) is 0.571. The van der Waals surface area contributed by atoms with E-state index in [0.717, 1.165) is 15.5 Å². The number of rotatable bonds is 3. The van der Waals surface area contributed by atoms with Gasteiger partial charge in [-0.15, -0.1) is 0 Å². The molecule has 0 aliphatic heterocycles. The summed E-state index contributed by atoms with van der Waals surface area (Å²) < 4.78 is 28.6. The highest BCUT2D eigenvalue weighted by atomic mass is 19.3. The number of fused-ring (bicyclic) bond motifs is 1. The zero-order valence-corrected chi connectivity index (χ0v) is 12.5. The van der Waals surface area contributed by atoms with Gasteiger partial charge in [-0.2, -0.15) is 8.78 Å². The molecule has 0 amide bonds. The van der Waals surface area contributed by atoms with Gasteiger partial charge in [-0.3, -0.25) is 23.3 Å². The maximum absolute atomic E-state index is 13.0. The van der Waals surface area contributed by atoms with E-state index < -0.39 is 17.8 Å². The molecule has 124 valence electrons. The highest BCUT2D eigenvalue weighted by molar-refractivity contribution is 5.79. The first-order chi connectivity index (χ1) is 10.9. The topological polar surface area (TPSA) is 78.9 Å². The molecule has 2 aromatic rings. The second kappa shape index (κ2) is 5.71. The Balaban J connectivity index is 2.09. The van der Waals surface area contributed by atoms with Gasteiger partial charge < -0.3 is 0 Å². The number of aromatic nitrogens is 4. The van der Waals surface area contributed by atoms with Crippen molar-refractivity contribution in [2.45, 2.75) is 38.8 Å². The van der Waals surface area contributed by atoms with Crippen LogP contribution in [0.5, 0.6) is 0 Å². The van der Waals surface area contributed by atoms with Gasteiger partial charge >= 0.3 is 12.2 Å². The largest absolute Gasteiger partial charge is 0.332 e. The number of Topliss-reactive ketones (excluding diaryl/α,β-unsaturated/α-hetero) is 1. The summed E-state index contributed by atoms with van der Waals surface area (Å²) in [6.07, 6.45) is 2.91. The maximum atomic E-state index is 13.0. The number of carbonyl (C=O) groups excluding carboxylic acids is 1. The number of aryl methyl sites for hydroxylation is 1. The highest BCUT2D eigenvalue weighted by Gasteiger charge is 2.24. The molecule has 0 unspecified atom stereocenters. The first-order valence-corrected chi connectivity index (χ1v) is 7.36. The summed E-state index contributed by atoms with van der Waals surface area (Å²) in [4.78, 5) is 39.9. The molecule has 1 aliphatic rings. The van der Waals surface area contributed by atoms with Crippen LogP contribution in [-0.4, -0.2) is 24.5 Å². The van der Waals surface area contributed by atoms with Crippen LogP contribution in [0.25, 0.3) is 11.2 Å². The van der Waals surface area contributed by atoms with E-state index in [1.165, 1.54) is 7.05 Å². The Kier molecular flexibility index (Phi) is 3.87. The lowest BCUT2D eigenvalue weighted by molar-refractivity contribution is -0.121. The van der Waals surface area contributed by atoms with E-state index in [1.807, 2.05) is 0 Å². The minimum atomic E-state index is -2.91. The molecule has 0 bridgehead atoms. The zero-order valence-electron chi connectivity index (χ0n) is 12.5. The van der Waals surface area contributed by atoms with Gasteiger partial charge in [-0.25, -0.2) is 9.78 Å². The van der Waals surface area contributed by atoms with Gasteiger partial charge in [0, 0.05) is 26.4 Å². The van der Waals surface area contributed by atoms with E-state index >= 15 is 0 Å². The minimum absolute atomic E-state index is 0.0125. The number of alkyl halides is 2. The van der Waals surface area contributed by atoms with Crippen LogP contribution in [0.2, 0.25) is 0 Å². The Morgan fingerprint density at radius 1 is 1.26 bits per heavy atom.